The second-order valence-electron chi connectivity index (χ2n) is 5.96. The van der Waals surface area contributed by atoms with Gasteiger partial charge >= 0.3 is 11.9 Å². The minimum Gasteiger partial charge on any atom is -0.492 e. The molecule has 0 spiro atoms. The normalized spacial score (nSPS) is 11.7. The highest BCUT2D eigenvalue weighted by molar-refractivity contribution is 6.35. The van der Waals surface area contributed by atoms with Crippen molar-refractivity contribution in [2.45, 2.75) is 12.0 Å². The summed E-state index contributed by atoms with van der Waals surface area (Å²) in [6.07, 6.45) is 1.27. The molecule has 0 saturated carbocycles. The molecule has 0 bridgehead atoms. The highest BCUT2D eigenvalue weighted by Gasteiger charge is 2.18. The molecule has 1 unspecified atom stereocenters. The van der Waals surface area contributed by atoms with Crippen LogP contribution in [0.3, 0.4) is 0 Å². The highest BCUT2D eigenvalue weighted by atomic mass is 35.5. The minimum atomic E-state index is -1.38. The Labute approximate surface area is 204 Å². The van der Waals surface area contributed by atoms with Gasteiger partial charge in [-0.25, -0.2) is 9.59 Å². The number of alkyl halides is 1. The Hall–Kier alpha value is -2.56. The Morgan fingerprint density at radius 1 is 1.06 bits per heavy atom. The van der Waals surface area contributed by atoms with Crippen molar-refractivity contribution >= 4 is 58.3 Å². The molecule has 0 aliphatic heterocycles. The topological polar surface area (TPSA) is 82.1 Å². The van der Waals surface area contributed by atoms with Crippen molar-refractivity contribution in [3.05, 3.63) is 69.2 Å². The molecule has 0 radical (unpaired) electrons. The quantitative estimate of drug-likeness (QED) is 0.201. The number of esters is 1. The molecule has 0 heterocycles. The van der Waals surface area contributed by atoms with Gasteiger partial charge < -0.3 is 19.3 Å². The number of hydrogen-bond acceptors (Lipinski definition) is 5. The number of hydrogen-bond donors (Lipinski definition) is 1. The van der Waals surface area contributed by atoms with Gasteiger partial charge in [0, 0.05) is 22.0 Å². The summed E-state index contributed by atoms with van der Waals surface area (Å²) < 4.78 is 15.6. The van der Waals surface area contributed by atoms with Gasteiger partial charge in [0.05, 0.1) is 11.6 Å². The van der Waals surface area contributed by atoms with Gasteiger partial charge in [-0.1, -0.05) is 58.2 Å². The Morgan fingerprint density at radius 2 is 1.75 bits per heavy atom. The van der Waals surface area contributed by atoms with Crippen LogP contribution in [0.25, 0.3) is 0 Å². The predicted octanol–water partition coefficient (Wildman–Crippen LogP) is 5.62. The smallest absolute Gasteiger partial charge is 0.364 e. The maximum Gasteiger partial charge on any atom is 0.364 e. The van der Waals surface area contributed by atoms with Crippen LogP contribution in [0, 0.1) is 11.8 Å². The number of carbonyl (C=O) groups excluding carboxylic acids is 1. The first-order chi connectivity index (χ1) is 15.3. The molecule has 0 fully saturated rings. The lowest BCUT2D eigenvalue weighted by atomic mass is 10.2. The molecule has 1 N–H and O–H groups in total. The summed E-state index contributed by atoms with van der Waals surface area (Å²) in [4.78, 5) is 23.2. The number of benzene rings is 2. The van der Waals surface area contributed by atoms with Gasteiger partial charge in [0.25, 0.3) is 5.56 Å². The third kappa shape index (κ3) is 8.89. The lowest BCUT2D eigenvalue weighted by Crippen LogP contribution is -2.23. The lowest BCUT2D eigenvalue weighted by Gasteiger charge is -2.10. The zero-order valence-electron chi connectivity index (χ0n) is 16.3. The van der Waals surface area contributed by atoms with Gasteiger partial charge in [-0.15, -0.1) is 0 Å². The summed E-state index contributed by atoms with van der Waals surface area (Å²) >= 11 is 23.4. The fourth-order valence-electron chi connectivity index (χ4n) is 2.14. The Morgan fingerprint density at radius 3 is 2.41 bits per heavy atom. The first-order valence-corrected chi connectivity index (χ1v) is 10.5. The van der Waals surface area contributed by atoms with E-state index in [4.69, 9.17) is 60.6 Å². The van der Waals surface area contributed by atoms with E-state index in [-0.39, 0.29) is 25.2 Å². The number of halogens is 4. The fourth-order valence-corrected chi connectivity index (χ4v) is 2.89. The van der Waals surface area contributed by atoms with E-state index in [1.54, 1.807) is 36.4 Å². The highest BCUT2D eigenvalue weighted by Crippen LogP contribution is 2.27. The summed E-state index contributed by atoms with van der Waals surface area (Å²) in [5.41, 5.74) is -1.37. The molecule has 2 aromatic carbocycles. The van der Waals surface area contributed by atoms with Crippen molar-refractivity contribution in [1.29, 1.82) is 0 Å². The second-order valence-corrected chi connectivity index (χ2v) is 7.64. The van der Waals surface area contributed by atoms with E-state index in [1.165, 1.54) is 12.1 Å². The predicted molar refractivity (Wildman–Crippen MR) is 123 cm³/mol. The van der Waals surface area contributed by atoms with Crippen LogP contribution in [0.15, 0.2) is 54.1 Å². The van der Waals surface area contributed by atoms with Crippen molar-refractivity contribution < 1.29 is 28.9 Å². The number of carbonyl (C=O) groups is 2. The number of rotatable bonds is 9. The first kappa shape index (κ1) is 25.7. The van der Waals surface area contributed by atoms with Crippen molar-refractivity contribution in [1.82, 2.24) is 0 Å². The van der Waals surface area contributed by atoms with Crippen LogP contribution in [0.1, 0.15) is 6.42 Å². The summed E-state index contributed by atoms with van der Waals surface area (Å²) in [7, 11) is 0. The van der Waals surface area contributed by atoms with E-state index in [2.05, 4.69) is 11.8 Å². The summed E-state index contributed by atoms with van der Waals surface area (Å²) in [6.45, 7) is -0.238. The SMILES string of the molecule is O=C(O)C(=CC#CCOC(=O)C(Cl)Oc1ccc(Cl)cc1)CCOc1ccc(Cl)cc1Cl. The average Bonchev–Trinajstić information content (AvgIpc) is 2.74. The van der Waals surface area contributed by atoms with E-state index in [0.717, 1.165) is 0 Å². The third-order valence-corrected chi connectivity index (χ3v) is 4.72. The Balaban J connectivity index is 1.80. The van der Waals surface area contributed by atoms with Gasteiger partial charge in [0.2, 0.25) is 0 Å². The van der Waals surface area contributed by atoms with Crippen LogP contribution in [-0.4, -0.2) is 35.8 Å². The van der Waals surface area contributed by atoms with Gasteiger partial charge in [-0.05, 0) is 48.5 Å². The van der Waals surface area contributed by atoms with E-state index in [1.807, 2.05) is 0 Å². The number of aliphatic carboxylic acids is 1. The van der Waals surface area contributed by atoms with Crippen molar-refractivity contribution in [3.8, 4) is 23.3 Å². The molecule has 0 aliphatic rings. The first-order valence-electron chi connectivity index (χ1n) is 8.97. The molecule has 0 saturated heterocycles. The second kappa shape index (κ2) is 13.1. The van der Waals surface area contributed by atoms with E-state index >= 15 is 0 Å². The van der Waals surface area contributed by atoms with E-state index in [9.17, 15) is 14.7 Å². The van der Waals surface area contributed by atoms with E-state index in [0.29, 0.717) is 26.6 Å². The molecule has 0 aliphatic carbocycles. The number of carboxylic acid groups (broad SMARTS) is 1. The van der Waals surface area contributed by atoms with Crippen LogP contribution in [0.2, 0.25) is 15.1 Å². The molecule has 168 valence electrons. The standard InChI is InChI=1S/C22H16Cl4O6/c23-15-4-7-17(8-5-15)32-20(26)22(29)31-11-2-1-3-14(21(27)28)10-12-30-19-9-6-16(24)13-18(19)25/h3-9,13,20H,10-12H2,(H,27,28). The molecule has 6 nitrogen and oxygen atoms in total. The summed E-state index contributed by atoms with van der Waals surface area (Å²) in [5, 5.41) is 10.6. The maximum atomic E-state index is 11.8. The Kier molecular flexibility index (Phi) is 10.5. The fraction of sp³-hybridized carbons (Fsp3) is 0.182. The summed E-state index contributed by atoms with van der Waals surface area (Å²) in [5.74, 6) is 3.76. The number of carboxylic acids is 1. The number of allylic oxidation sites excluding steroid dienone is 1. The molecule has 2 aromatic rings. The molecular weight excluding hydrogens is 502 g/mol. The van der Waals surface area contributed by atoms with Crippen LogP contribution < -0.4 is 9.47 Å². The molecule has 0 amide bonds. The largest absolute Gasteiger partial charge is 0.492 e. The van der Waals surface area contributed by atoms with Crippen LogP contribution in [0.4, 0.5) is 0 Å². The molecule has 32 heavy (non-hydrogen) atoms. The molecule has 1 atom stereocenters. The van der Waals surface area contributed by atoms with Gasteiger partial charge in [-0.2, -0.15) is 0 Å². The van der Waals surface area contributed by atoms with Gasteiger partial charge in [0.1, 0.15) is 11.5 Å². The molecule has 10 heteroatoms. The zero-order chi connectivity index (χ0) is 23.5. The summed E-state index contributed by atoms with van der Waals surface area (Å²) in [6, 6.07) is 11.0. The van der Waals surface area contributed by atoms with Gasteiger partial charge in [-0.3, -0.25) is 0 Å². The van der Waals surface area contributed by atoms with Crippen molar-refractivity contribution in [2.24, 2.45) is 0 Å². The van der Waals surface area contributed by atoms with Crippen LogP contribution in [-0.2, 0) is 14.3 Å². The van der Waals surface area contributed by atoms with Crippen LogP contribution in [0.5, 0.6) is 11.5 Å². The van der Waals surface area contributed by atoms with Crippen molar-refractivity contribution in [2.75, 3.05) is 13.2 Å². The third-order valence-electron chi connectivity index (χ3n) is 3.67. The average molecular weight is 518 g/mol. The maximum absolute atomic E-state index is 11.8. The molecular formula is C22H16Cl4O6. The number of ether oxygens (including phenoxy) is 3. The Bertz CT molecular complexity index is 1040. The lowest BCUT2D eigenvalue weighted by molar-refractivity contribution is -0.146. The van der Waals surface area contributed by atoms with Gasteiger partial charge in [0.15, 0.2) is 6.61 Å². The monoisotopic (exact) mass is 516 g/mol. The molecule has 0 aromatic heterocycles. The van der Waals surface area contributed by atoms with Crippen LogP contribution >= 0.6 is 46.4 Å². The minimum absolute atomic E-state index is 0.00945. The zero-order valence-corrected chi connectivity index (χ0v) is 19.3. The molecule has 2 rings (SSSR count). The van der Waals surface area contributed by atoms with E-state index < -0.39 is 17.5 Å². The van der Waals surface area contributed by atoms with Crippen molar-refractivity contribution in [3.63, 3.8) is 0 Å².